The van der Waals surface area contributed by atoms with E-state index < -0.39 is 0 Å². The summed E-state index contributed by atoms with van der Waals surface area (Å²) in [5.41, 5.74) is 2.27. The fourth-order valence-corrected chi connectivity index (χ4v) is 4.74. The lowest BCUT2D eigenvalue weighted by Gasteiger charge is -2.36. The van der Waals surface area contributed by atoms with Crippen LogP contribution in [0.1, 0.15) is 24.2 Å². The molecule has 174 valence electrons. The van der Waals surface area contributed by atoms with E-state index in [-0.39, 0.29) is 11.5 Å². The van der Waals surface area contributed by atoms with Gasteiger partial charge in [-0.05, 0) is 56.4 Å². The molecule has 3 aromatic rings. The van der Waals surface area contributed by atoms with Crippen LogP contribution in [0.2, 0.25) is 0 Å². The van der Waals surface area contributed by atoms with Crippen LogP contribution >= 0.6 is 12.2 Å². The Balaban J connectivity index is 1.50. The maximum atomic E-state index is 13.1. The molecule has 0 spiro atoms. The number of quaternary nitrogens is 1. The minimum Gasteiger partial charge on any atom is -0.368 e. The van der Waals surface area contributed by atoms with Crippen molar-refractivity contribution in [3.05, 3.63) is 69.2 Å². The highest BCUT2D eigenvalue weighted by Gasteiger charge is 2.23. The summed E-state index contributed by atoms with van der Waals surface area (Å²) in [5, 5.41) is 0.559. The molecule has 0 bridgehead atoms. The number of aromatic nitrogens is 2. The number of carbonyl (C=O) groups excluding carboxylic acids is 1. The van der Waals surface area contributed by atoms with Gasteiger partial charge in [0.15, 0.2) is 4.77 Å². The van der Waals surface area contributed by atoms with Crippen LogP contribution in [0.15, 0.2) is 53.3 Å². The topological polar surface area (TPSA) is 65.8 Å². The van der Waals surface area contributed by atoms with Gasteiger partial charge in [0.1, 0.15) is 0 Å². The number of nitrogens with one attached hydrogen (secondary N) is 2. The number of fused-ring (bicyclic) bond motifs is 1. The van der Waals surface area contributed by atoms with Crippen molar-refractivity contribution in [2.24, 2.45) is 0 Å². The standard InChI is InChI=1S/C25H31N5O2S/c1-3-27(4-2)12-17-30-24(32)21-11-10-19(18-22(21)26-25(30)33)23(31)29-15-13-28(14-16-29)20-8-6-5-7-9-20/h5-11,18H,3-4,12-17H2,1-2H3,(H,26,33)/p+1. The Bertz CT molecular complexity index is 1230. The van der Waals surface area contributed by atoms with E-state index in [1.807, 2.05) is 23.1 Å². The lowest BCUT2D eigenvalue weighted by Crippen LogP contribution is -3.11. The number of rotatable bonds is 7. The second-order valence-electron chi connectivity index (χ2n) is 8.47. The lowest BCUT2D eigenvalue weighted by atomic mass is 10.1. The van der Waals surface area contributed by atoms with E-state index >= 15 is 0 Å². The van der Waals surface area contributed by atoms with Crippen molar-refractivity contribution < 1.29 is 9.69 Å². The van der Waals surface area contributed by atoms with E-state index in [9.17, 15) is 9.59 Å². The number of para-hydroxylation sites is 1. The van der Waals surface area contributed by atoms with Crippen molar-refractivity contribution in [3.63, 3.8) is 0 Å². The van der Waals surface area contributed by atoms with Crippen LogP contribution < -0.4 is 15.4 Å². The summed E-state index contributed by atoms with van der Waals surface area (Å²) < 4.78 is 2.04. The first-order chi connectivity index (χ1) is 16.0. The Hall–Kier alpha value is -2.97. The number of benzene rings is 2. The van der Waals surface area contributed by atoms with Gasteiger partial charge < -0.3 is 19.7 Å². The van der Waals surface area contributed by atoms with Gasteiger partial charge in [0.2, 0.25) is 0 Å². The molecule has 2 aromatic carbocycles. The number of nitrogens with zero attached hydrogens (tertiary/aromatic N) is 3. The second-order valence-corrected chi connectivity index (χ2v) is 8.86. The number of carbonyl (C=O) groups is 1. The van der Waals surface area contributed by atoms with Crippen LogP contribution in [0.3, 0.4) is 0 Å². The Morgan fingerprint density at radius 1 is 1.03 bits per heavy atom. The van der Waals surface area contributed by atoms with Gasteiger partial charge in [-0.25, -0.2) is 0 Å². The Kier molecular flexibility index (Phi) is 7.25. The monoisotopic (exact) mass is 466 g/mol. The summed E-state index contributed by atoms with van der Waals surface area (Å²) in [6, 6.07) is 15.5. The molecule has 1 fully saturated rings. The average Bonchev–Trinajstić information content (AvgIpc) is 2.86. The first kappa shape index (κ1) is 23.2. The van der Waals surface area contributed by atoms with Gasteiger partial charge in [0, 0.05) is 37.4 Å². The third-order valence-corrected chi connectivity index (χ3v) is 6.93. The quantitative estimate of drug-likeness (QED) is 0.523. The van der Waals surface area contributed by atoms with Crippen molar-refractivity contribution in [1.29, 1.82) is 0 Å². The Labute approximate surface area is 199 Å². The number of anilines is 1. The number of piperazine rings is 1. The van der Waals surface area contributed by atoms with Crippen molar-refractivity contribution in [1.82, 2.24) is 14.5 Å². The van der Waals surface area contributed by atoms with E-state index in [2.05, 4.69) is 35.9 Å². The van der Waals surface area contributed by atoms with Crippen LogP contribution in [0.4, 0.5) is 5.69 Å². The molecule has 7 nitrogen and oxygen atoms in total. The molecular formula is C25H32N5O2S+. The maximum absolute atomic E-state index is 13.1. The van der Waals surface area contributed by atoms with Gasteiger partial charge in [0.05, 0.1) is 37.1 Å². The Morgan fingerprint density at radius 2 is 1.73 bits per heavy atom. The first-order valence-corrected chi connectivity index (χ1v) is 12.1. The smallest absolute Gasteiger partial charge is 0.262 e. The van der Waals surface area contributed by atoms with Gasteiger partial charge in [-0.15, -0.1) is 0 Å². The molecule has 1 amide bonds. The molecule has 0 atom stereocenters. The van der Waals surface area contributed by atoms with Crippen LogP contribution in [0.25, 0.3) is 10.9 Å². The fraction of sp³-hybridized carbons (Fsp3) is 0.400. The van der Waals surface area contributed by atoms with E-state index in [0.717, 1.165) is 32.7 Å². The summed E-state index contributed by atoms with van der Waals surface area (Å²) in [6.07, 6.45) is 0. The Morgan fingerprint density at radius 3 is 2.39 bits per heavy atom. The summed E-state index contributed by atoms with van der Waals surface area (Å²) in [6.45, 7) is 10.7. The predicted molar refractivity (Wildman–Crippen MR) is 135 cm³/mol. The van der Waals surface area contributed by atoms with Gasteiger partial charge in [-0.1, -0.05) is 18.2 Å². The van der Waals surface area contributed by atoms with Crippen LogP contribution in [0.5, 0.6) is 0 Å². The van der Waals surface area contributed by atoms with E-state index in [0.29, 0.717) is 40.9 Å². The van der Waals surface area contributed by atoms with Crippen LogP contribution in [-0.2, 0) is 6.54 Å². The summed E-state index contributed by atoms with van der Waals surface area (Å²) in [5.74, 6) is -0.0155. The number of hydrogen-bond donors (Lipinski definition) is 2. The summed E-state index contributed by atoms with van der Waals surface area (Å²) in [7, 11) is 0. The van der Waals surface area contributed by atoms with Gasteiger partial charge in [-0.2, -0.15) is 0 Å². The van der Waals surface area contributed by atoms with Crippen molar-refractivity contribution >= 4 is 34.7 Å². The third-order valence-electron chi connectivity index (χ3n) is 6.61. The van der Waals surface area contributed by atoms with E-state index in [1.165, 1.54) is 10.6 Å². The molecule has 1 aliphatic rings. The molecular weight excluding hydrogens is 434 g/mol. The second kappa shape index (κ2) is 10.3. The molecule has 0 aliphatic carbocycles. The number of likely N-dealkylation sites (N-methyl/N-ethyl adjacent to an activating group) is 1. The molecule has 2 heterocycles. The number of H-pyrrole nitrogens is 1. The average molecular weight is 467 g/mol. The first-order valence-electron chi connectivity index (χ1n) is 11.7. The van der Waals surface area contributed by atoms with Crippen molar-refractivity contribution in [2.45, 2.75) is 20.4 Å². The lowest BCUT2D eigenvalue weighted by molar-refractivity contribution is -0.897. The number of hydrogen-bond acceptors (Lipinski definition) is 4. The highest BCUT2D eigenvalue weighted by Crippen LogP contribution is 2.18. The molecule has 4 rings (SSSR count). The largest absolute Gasteiger partial charge is 0.368 e. The predicted octanol–water partition coefficient (Wildman–Crippen LogP) is 1.95. The molecule has 8 heteroatoms. The highest BCUT2D eigenvalue weighted by atomic mass is 32.1. The van der Waals surface area contributed by atoms with Gasteiger partial charge in [-0.3, -0.25) is 14.2 Å². The summed E-state index contributed by atoms with van der Waals surface area (Å²) >= 11 is 5.48. The molecule has 0 saturated carbocycles. The maximum Gasteiger partial charge on any atom is 0.262 e. The number of aromatic amines is 1. The van der Waals surface area contributed by atoms with E-state index in [1.54, 1.807) is 22.8 Å². The van der Waals surface area contributed by atoms with Crippen molar-refractivity contribution in [3.8, 4) is 0 Å². The zero-order valence-electron chi connectivity index (χ0n) is 19.3. The zero-order valence-corrected chi connectivity index (χ0v) is 20.2. The molecule has 33 heavy (non-hydrogen) atoms. The minimum atomic E-state index is -0.101. The normalized spacial score (nSPS) is 14.3. The molecule has 1 saturated heterocycles. The molecule has 1 aliphatic heterocycles. The zero-order chi connectivity index (χ0) is 23.4. The molecule has 1 aromatic heterocycles. The van der Waals surface area contributed by atoms with Crippen molar-refractivity contribution in [2.75, 3.05) is 50.7 Å². The molecule has 2 N–H and O–H groups in total. The molecule has 0 radical (unpaired) electrons. The minimum absolute atomic E-state index is 0.0155. The van der Waals surface area contributed by atoms with Gasteiger partial charge in [0.25, 0.3) is 11.5 Å². The van der Waals surface area contributed by atoms with Crippen LogP contribution in [-0.4, -0.2) is 66.2 Å². The summed E-state index contributed by atoms with van der Waals surface area (Å²) in [4.78, 5) is 35.0. The number of amides is 1. The van der Waals surface area contributed by atoms with E-state index in [4.69, 9.17) is 12.2 Å². The SMILES string of the molecule is CC[NH+](CC)CCn1c(=S)[nH]c2cc(C(=O)N3CCN(c4ccccc4)CC3)ccc2c1=O. The van der Waals surface area contributed by atoms with Crippen LogP contribution in [0, 0.1) is 4.77 Å². The fourth-order valence-electron chi connectivity index (χ4n) is 4.45. The molecule has 0 unspecified atom stereocenters. The highest BCUT2D eigenvalue weighted by molar-refractivity contribution is 7.71. The third kappa shape index (κ3) is 5.02. The van der Waals surface area contributed by atoms with Gasteiger partial charge >= 0.3 is 0 Å².